The average molecular weight is 578 g/mol. The van der Waals surface area contributed by atoms with E-state index in [4.69, 9.17) is 26.6 Å². The monoisotopic (exact) mass is 577 g/mol. The summed E-state index contributed by atoms with van der Waals surface area (Å²) in [6.45, 7) is 5.75. The van der Waals surface area contributed by atoms with Crippen molar-refractivity contribution in [1.82, 2.24) is 26.2 Å². The number of unbranched alkanes of at least 4 members (excludes halogenated alkanes) is 2. The third-order valence-corrected chi connectivity index (χ3v) is 8.85. The fourth-order valence-electron chi connectivity index (χ4n) is 5.98. The summed E-state index contributed by atoms with van der Waals surface area (Å²) in [5.74, 6) is 0.459. The zero-order valence-corrected chi connectivity index (χ0v) is 24.4. The molecule has 1 amide bonds. The molecule has 1 saturated carbocycles. The summed E-state index contributed by atoms with van der Waals surface area (Å²) in [5, 5.41) is 31.2. The van der Waals surface area contributed by atoms with Gasteiger partial charge in [0.1, 0.15) is 12.5 Å². The van der Waals surface area contributed by atoms with Crippen LogP contribution in [0.15, 0.2) is 0 Å². The van der Waals surface area contributed by atoms with E-state index in [0.717, 1.165) is 70.7 Å². The molecule has 2 heterocycles. The lowest BCUT2D eigenvalue weighted by Gasteiger charge is -2.41. The lowest BCUT2D eigenvalue weighted by Crippen LogP contribution is -2.62. The molecule has 11 heteroatoms. The number of aliphatic hydroxyl groups excluding tert-OH is 2. The van der Waals surface area contributed by atoms with Crippen molar-refractivity contribution in [1.29, 1.82) is 0 Å². The van der Waals surface area contributed by atoms with Crippen LogP contribution < -0.4 is 21.3 Å². The van der Waals surface area contributed by atoms with Gasteiger partial charge in [-0.2, -0.15) is 0 Å². The number of carbonyl (C=O) groups excluding carboxylic acids is 1. The van der Waals surface area contributed by atoms with Gasteiger partial charge in [-0.25, -0.2) is 4.39 Å². The van der Waals surface area contributed by atoms with E-state index in [-0.39, 0.29) is 55.3 Å². The molecule has 0 aromatic carbocycles. The minimum Gasteiger partial charge on any atom is -0.395 e. The normalized spacial score (nSPS) is 29.1. The van der Waals surface area contributed by atoms with Crippen LogP contribution in [0.1, 0.15) is 70.6 Å². The molecule has 3 aliphatic rings. The van der Waals surface area contributed by atoms with Crippen molar-refractivity contribution < 1.29 is 24.1 Å². The molecule has 6 N–H and O–H groups in total. The number of piperidine rings is 1. The van der Waals surface area contributed by atoms with Crippen LogP contribution in [0.5, 0.6) is 0 Å². The highest BCUT2D eigenvalue weighted by Crippen LogP contribution is 2.31. The molecular weight excluding hydrogens is 525 g/mol. The van der Waals surface area contributed by atoms with Crippen molar-refractivity contribution in [3.63, 3.8) is 0 Å². The summed E-state index contributed by atoms with van der Waals surface area (Å²) in [6, 6.07) is -0.268. The quantitative estimate of drug-likeness (QED) is 0.114. The van der Waals surface area contributed by atoms with E-state index in [2.05, 4.69) is 26.2 Å². The second-order valence-electron chi connectivity index (χ2n) is 11.7. The van der Waals surface area contributed by atoms with Crippen LogP contribution in [-0.4, -0.2) is 110 Å². The third-order valence-electron chi connectivity index (χ3n) is 8.55. The first-order valence-electron chi connectivity index (χ1n) is 15.3. The summed E-state index contributed by atoms with van der Waals surface area (Å²) in [6.07, 6.45) is 8.74. The highest BCUT2D eigenvalue weighted by Gasteiger charge is 2.32. The van der Waals surface area contributed by atoms with Gasteiger partial charge in [0.15, 0.2) is 0 Å². The molecule has 1 aliphatic carbocycles. The lowest BCUT2D eigenvalue weighted by molar-refractivity contribution is -0.123. The number of nitrogens with one attached hydrogen (secondary N) is 4. The third kappa shape index (κ3) is 12.4. The minimum absolute atomic E-state index is 0.0276. The molecule has 0 aromatic rings. The number of carbonyl (C=O) groups is 1. The van der Waals surface area contributed by atoms with Gasteiger partial charge in [-0.1, -0.05) is 6.42 Å². The van der Waals surface area contributed by atoms with Gasteiger partial charge in [-0.05, 0) is 69.7 Å². The van der Waals surface area contributed by atoms with Crippen LogP contribution in [0, 0.1) is 11.8 Å². The van der Waals surface area contributed by atoms with Crippen molar-refractivity contribution >= 4 is 17.5 Å². The number of amides is 1. The summed E-state index contributed by atoms with van der Waals surface area (Å²) < 4.78 is 20.8. The summed E-state index contributed by atoms with van der Waals surface area (Å²) in [7, 11) is 0. The Morgan fingerprint density at radius 3 is 2.44 bits per heavy atom. The predicted molar refractivity (Wildman–Crippen MR) is 152 cm³/mol. The predicted octanol–water partition coefficient (Wildman–Crippen LogP) is 1.71. The Kier molecular flexibility index (Phi) is 15.8. The SMILES string of the molecule is O=C(CC1CCC(OCCCC2CCN(C3NCC(Cl)CN3)CC2)CC1F)NCCCCCNC(CO)CO. The van der Waals surface area contributed by atoms with Gasteiger partial charge >= 0.3 is 0 Å². The molecule has 3 atom stereocenters. The maximum absolute atomic E-state index is 14.8. The van der Waals surface area contributed by atoms with Crippen molar-refractivity contribution in [3.05, 3.63) is 0 Å². The second kappa shape index (κ2) is 18.8. The number of alkyl halides is 2. The van der Waals surface area contributed by atoms with Crippen LogP contribution >= 0.6 is 11.6 Å². The van der Waals surface area contributed by atoms with Crippen LogP contribution in [0.3, 0.4) is 0 Å². The topological polar surface area (TPSA) is 118 Å². The standard InChI is InChI=1S/C28H53ClFN5O4/c29-23-17-33-28(34-18-23)35-12-8-21(9-13-35)5-4-14-39-25-7-6-22(26(30)16-25)15-27(38)32-11-3-1-2-10-31-24(19-36)20-37/h21-26,28,31,33-34,36-37H,1-20H2,(H,32,38). The van der Waals surface area contributed by atoms with E-state index in [1.54, 1.807) is 0 Å². The number of likely N-dealkylation sites (tertiary alicyclic amines) is 1. The molecule has 228 valence electrons. The number of nitrogens with zero attached hydrogens (tertiary/aromatic N) is 1. The van der Waals surface area contributed by atoms with Crippen LogP contribution in [0.4, 0.5) is 4.39 Å². The number of rotatable bonds is 17. The van der Waals surface area contributed by atoms with E-state index < -0.39 is 6.17 Å². The molecular formula is C28H53ClFN5O4. The Balaban J connectivity index is 1.16. The Labute approximate surface area is 239 Å². The van der Waals surface area contributed by atoms with Crippen molar-refractivity contribution in [2.45, 2.75) is 101 Å². The average Bonchev–Trinajstić information content (AvgIpc) is 2.95. The molecule has 3 unspecified atom stereocenters. The molecule has 0 aromatic heterocycles. The van der Waals surface area contributed by atoms with E-state index in [9.17, 15) is 9.18 Å². The van der Waals surface area contributed by atoms with E-state index >= 15 is 0 Å². The molecule has 0 spiro atoms. The maximum atomic E-state index is 14.8. The number of hydrogen-bond donors (Lipinski definition) is 6. The van der Waals surface area contributed by atoms with Gasteiger partial charge in [0.05, 0.1) is 30.7 Å². The first-order chi connectivity index (χ1) is 19.0. The van der Waals surface area contributed by atoms with Crippen LogP contribution in [0.2, 0.25) is 0 Å². The molecule has 2 aliphatic heterocycles. The maximum Gasteiger partial charge on any atom is 0.220 e. The minimum atomic E-state index is -0.980. The van der Waals surface area contributed by atoms with Crippen LogP contribution in [-0.2, 0) is 9.53 Å². The van der Waals surface area contributed by atoms with E-state index in [0.29, 0.717) is 26.0 Å². The van der Waals surface area contributed by atoms with Crippen molar-refractivity contribution in [2.24, 2.45) is 11.8 Å². The van der Waals surface area contributed by atoms with Gasteiger partial charge in [-0.15, -0.1) is 11.6 Å². The van der Waals surface area contributed by atoms with E-state index in [1.807, 2.05) is 0 Å². The van der Waals surface area contributed by atoms with E-state index in [1.165, 1.54) is 19.3 Å². The second-order valence-corrected chi connectivity index (χ2v) is 12.3. The molecule has 0 radical (unpaired) electrons. The van der Waals surface area contributed by atoms with Gasteiger partial charge in [-0.3, -0.25) is 20.3 Å². The summed E-state index contributed by atoms with van der Waals surface area (Å²) >= 11 is 6.15. The fourth-order valence-corrected chi connectivity index (χ4v) is 6.16. The Hall–Kier alpha value is -0.590. The first kappa shape index (κ1) is 32.9. The van der Waals surface area contributed by atoms with Gasteiger partial charge in [0.25, 0.3) is 0 Å². The Morgan fingerprint density at radius 1 is 1.03 bits per heavy atom. The Bertz CT molecular complexity index is 664. The molecule has 3 rings (SSSR count). The number of ether oxygens (including phenoxy) is 1. The number of aliphatic hydroxyl groups is 2. The smallest absolute Gasteiger partial charge is 0.220 e. The van der Waals surface area contributed by atoms with Crippen molar-refractivity contribution in [3.8, 4) is 0 Å². The fraction of sp³-hybridized carbons (Fsp3) is 0.964. The zero-order valence-electron chi connectivity index (χ0n) is 23.6. The van der Waals surface area contributed by atoms with Crippen LogP contribution in [0.25, 0.3) is 0 Å². The molecule has 9 nitrogen and oxygen atoms in total. The number of halogens is 2. The lowest BCUT2D eigenvalue weighted by atomic mass is 9.83. The Morgan fingerprint density at radius 2 is 1.74 bits per heavy atom. The largest absolute Gasteiger partial charge is 0.395 e. The molecule has 2 saturated heterocycles. The summed E-state index contributed by atoms with van der Waals surface area (Å²) in [5.41, 5.74) is 0. The van der Waals surface area contributed by atoms with Gasteiger partial charge in [0.2, 0.25) is 5.91 Å². The molecule has 39 heavy (non-hydrogen) atoms. The summed E-state index contributed by atoms with van der Waals surface area (Å²) in [4.78, 5) is 14.8. The van der Waals surface area contributed by atoms with Crippen molar-refractivity contribution in [2.75, 3.05) is 59.1 Å². The molecule has 0 bridgehead atoms. The molecule has 3 fully saturated rings. The van der Waals surface area contributed by atoms with Gasteiger partial charge < -0.3 is 25.6 Å². The zero-order chi connectivity index (χ0) is 27.9. The number of hydrogen-bond acceptors (Lipinski definition) is 8. The highest BCUT2D eigenvalue weighted by atomic mass is 35.5. The first-order valence-corrected chi connectivity index (χ1v) is 15.7. The highest BCUT2D eigenvalue weighted by molar-refractivity contribution is 6.21. The van der Waals surface area contributed by atoms with Gasteiger partial charge in [0, 0.05) is 52.2 Å².